The summed E-state index contributed by atoms with van der Waals surface area (Å²) in [4.78, 5) is 32.4. The average Bonchev–Trinajstić information content (AvgIpc) is 3.55. The van der Waals surface area contributed by atoms with Crippen molar-refractivity contribution < 1.29 is 27.5 Å². The highest BCUT2D eigenvalue weighted by Gasteiger charge is 2.29. The van der Waals surface area contributed by atoms with Crippen molar-refractivity contribution in [1.82, 2.24) is 30.4 Å². The molecule has 0 aliphatic heterocycles. The van der Waals surface area contributed by atoms with Gasteiger partial charge < -0.3 is 15.4 Å². The van der Waals surface area contributed by atoms with Gasteiger partial charge in [-0.25, -0.2) is 4.98 Å². The molecule has 3 aromatic rings. The molecule has 0 spiro atoms. The van der Waals surface area contributed by atoms with E-state index in [1.807, 2.05) is 0 Å². The molecule has 2 amide bonds. The maximum absolute atomic E-state index is 12.6. The fourth-order valence-corrected chi connectivity index (χ4v) is 3.39. The lowest BCUT2D eigenvalue weighted by atomic mass is 10.2. The lowest BCUT2D eigenvalue weighted by Crippen LogP contribution is -2.35. The van der Waals surface area contributed by atoms with E-state index in [1.165, 1.54) is 12.4 Å². The first-order valence-electron chi connectivity index (χ1n) is 10.7. The van der Waals surface area contributed by atoms with Crippen molar-refractivity contribution >= 4 is 22.7 Å². The summed E-state index contributed by atoms with van der Waals surface area (Å²) in [5.41, 5.74) is 1.95. The third-order valence-corrected chi connectivity index (χ3v) is 5.16. The summed E-state index contributed by atoms with van der Waals surface area (Å²) in [7, 11) is 0. The van der Waals surface area contributed by atoms with E-state index in [1.54, 1.807) is 29.9 Å². The molecule has 34 heavy (non-hydrogen) atoms. The molecule has 0 saturated heterocycles. The van der Waals surface area contributed by atoms with Gasteiger partial charge >= 0.3 is 6.18 Å². The number of nitrogens with zero attached hydrogens (tertiary/aromatic N) is 4. The number of ether oxygens (including phenoxy) is 1. The SMILES string of the molecule is Cc1cc(Cn2cc3c(C(=O)NCCNC(=O)C4CC4)nccc3n2)cnc1OCC(F)(F)F. The number of carbonyl (C=O) groups is 2. The quantitative estimate of drug-likeness (QED) is 0.459. The lowest BCUT2D eigenvalue weighted by Gasteiger charge is -2.11. The Morgan fingerprint density at radius 1 is 1.21 bits per heavy atom. The number of pyridine rings is 2. The molecule has 2 N–H and O–H groups in total. The van der Waals surface area contributed by atoms with Gasteiger partial charge in [0.25, 0.3) is 5.91 Å². The van der Waals surface area contributed by atoms with Gasteiger partial charge in [0.1, 0.15) is 5.69 Å². The maximum atomic E-state index is 12.6. The summed E-state index contributed by atoms with van der Waals surface area (Å²) in [6, 6.07) is 3.35. The van der Waals surface area contributed by atoms with Crippen LogP contribution in [0.1, 0.15) is 34.5 Å². The molecule has 0 unspecified atom stereocenters. The van der Waals surface area contributed by atoms with Gasteiger partial charge in [0.05, 0.1) is 17.4 Å². The number of carbonyl (C=O) groups excluding carboxylic acids is 2. The highest BCUT2D eigenvalue weighted by Crippen LogP contribution is 2.28. The molecule has 180 valence electrons. The van der Waals surface area contributed by atoms with E-state index < -0.39 is 12.8 Å². The van der Waals surface area contributed by atoms with Crippen molar-refractivity contribution in [3.63, 3.8) is 0 Å². The zero-order valence-electron chi connectivity index (χ0n) is 18.4. The molecule has 0 atom stereocenters. The minimum atomic E-state index is -4.44. The third-order valence-electron chi connectivity index (χ3n) is 5.16. The summed E-state index contributed by atoms with van der Waals surface area (Å²) in [5.74, 6) is -0.335. The molecule has 1 aliphatic rings. The smallest absolute Gasteiger partial charge is 0.422 e. The Morgan fingerprint density at radius 2 is 1.97 bits per heavy atom. The zero-order valence-corrected chi connectivity index (χ0v) is 18.4. The number of fused-ring (bicyclic) bond motifs is 1. The van der Waals surface area contributed by atoms with Crippen LogP contribution in [0.25, 0.3) is 10.9 Å². The Morgan fingerprint density at radius 3 is 2.68 bits per heavy atom. The van der Waals surface area contributed by atoms with Crippen LogP contribution in [-0.2, 0) is 11.3 Å². The van der Waals surface area contributed by atoms with E-state index in [9.17, 15) is 22.8 Å². The first kappa shape index (κ1) is 23.5. The van der Waals surface area contributed by atoms with Crippen LogP contribution < -0.4 is 15.4 Å². The van der Waals surface area contributed by atoms with Gasteiger partial charge in [0.2, 0.25) is 11.8 Å². The largest absolute Gasteiger partial charge is 0.468 e. The highest BCUT2D eigenvalue weighted by atomic mass is 19.4. The molecule has 3 heterocycles. The molecule has 0 radical (unpaired) electrons. The number of hydrogen-bond acceptors (Lipinski definition) is 6. The van der Waals surface area contributed by atoms with E-state index in [-0.39, 0.29) is 42.4 Å². The third kappa shape index (κ3) is 6.00. The molecule has 4 rings (SSSR count). The zero-order chi connectivity index (χ0) is 24.3. The monoisotopic (exact) mass is 476 g/mol. The number of alkyl halides is 3. The van der Waals surface area contributed by atoms with E-state index >= 15 is 0 Å². The highest BCUT2D eigenvalue weighted by molar-refractivity contribution is 6.04. The van der Waals surface area contributed by atoms with Gasteiger partial charge in [0, 0.05) is 43.2 Å². The molecule has 1 fully saturated rings. The van der Waals surface area contributed by atoms with E-state index in [0.29, 0.717) is 28.6 Å². The van der Waals surface area contributed by atoms with Crippen LogP contribution in [0.15, 0.2) is 30.7 Å². The number of halogens is 3. The van der Waals surface area contributed by atoms with E-state index in [4.69, 9.17) is 4.74 Å². The van der Waals surface area contributed by atoms with Gasteiger partial charge in [-0.05, 0) is 37.5 Å². The van der Waals surface area contributed by atoms with Crippen LogP contribution in [0.5, 0.6) is 5.88 Å². The number of aromatic nitrogens is 4. The number of rotatable bonds is 9. The second-order valence-electron chi connectivity index (χ2n) is 8.11. The van der Waals surface area contributed by atoms with Crippen LogP contribution >= 0.6 is 0 Å². The normalized spacial score (nSPS) is 13.6. The summed E-state index contributed by atoms with van der Waals surface area (Å²) in [5, 5.41) is 10.5. The predicted octanol–water partition coefficient (Wildman–Crippen LogP) is 2.38. The molecule has 12 heteroatoms. The number of aryl methyl sites for hydroxylation is 1. The minimum absolute atomic E-state index is 0.0143. The molecular formula is C22H23F3N6O3. The lowest BCUT2D eigenvalue weighted by molar-refractivity contribution is -0.154. The van der Waals surface area contributed by atoms with Gasteiger partial charge in [0.15, 0.2) is 6.61 Å². The van der Waals surface area contributed by atoms with Crippen LogP contribution in [0.4, 0.5) is 13.2 Å². The molecule has 1 saturated carbocycles. The first-order valence-corrected chi connectivity index (χ1v) is 10.7. The number of nitrogens with one attached hydrogen (secondary N) is 2. The van der Waals surface area contributed by atoms with Gasteiger partial charge in [-0.1, -0.05) is 0 Å². The topological polar surface area (TPSA) is 111 Å². The van der Waals surface area contributed by atoms with Gasteiger partial charge in [-0.15, -0.1) is 0 Å². The number of hydrogen-bond donors (Lipinski definition) is 2. The van der Waals surface area contributed by atoms with Crippen LogP contribution in [0, 0.1) is 12.8 Å². The summed E-state index contributed by atoms with van der Waals surface area (Å²) >= 11 is 0. The van der Waals surface area contributed by atoms with Crippen molar-refractivity contribution in [3.8, 4) is 5.88 Å². The Labute approximate surface area is 192 Å². The van der Waals surface area contributed by atoms with E-state index in [0.717, 1.165) is 12.8 Å². The van der Waals surface area contributed by atoms with Crippen LogP contribution in [0.2, 0.25) is 0 Å². The van der Waals surface area contributed by atoms with Crippen molar-refractivity contribution in [3.05, 3.63) is 47.5 Å². The minimum Gasteiger partial charge on any atom is -0.468 e. The molecule has 1 aliphatic carbocycles. The van der Waals surface area contributed by atoms with Gasteiger partial charge in [-0.3, -0.25) is 19.3 Å². The predicted molar refractivity (Wildman–Crippen MR) is 115 cm³/mol. The van der Waals surface area contributed by atoms with Crippen LogP contribution in [-0.4, -0.2) is 57.4 Å². The Bertz CT molecular complexity index is 1210. The standard InChI is InChI=1S/C22H23F3N6O3/c1-13-8-14(9-29-21(13)34-12-22(23,24)25)10-31-11-16-17(30-31)4-5-26-18(16)20(33)28-7-6-27-19(32)15-2-3-15/h4-5,8-9,11,15H,2-3,6-7,10,12H2,1H3,(H,27,32)(H,28,33). The summed E-state index contributed by atoms with van der Waals surface area (Å²) in [6.45, 7) is 1.11. The van der Waals surface area contributed by atoms with Crippen LogP contribution in [0.3, 0.4) is 0 Å². The maximum Gasteiger partial charge on any atom is 0.422 e. The second-order valence-corrected chi connectivity index (χ2v) is 8.11. The van der Waals surface area contributed by atoms with Crippen molar-refractivity contribution in [2.45, 2.75) is 32.5 Å². The average molecular weight is 476 g/mol. The summed E-state index contributed by atoms with van der Waals surface area (Å²) in [6.07, 6.45) is 1.98. The second kappa shape index (κ2) is 9.65. The first-order chi connectivity index (χ1) is 16.2. The van der Waals surface area contributed by atoms with Crippen molar-refractivity contribution in [1.29, 1.82) is 0 Å². The number of amides is 2. The Kier molecular flexibility index (Phi) is 6.66. The fourth-order valence-electron chi connectivity index (χ4n) is 3.39. The summed E-state index contributed by atoms with van der Waals surface area (Å²) < 4.78 is 43.4. The Hall–Kier alpha value is -3.70. The van der Waals surface area contributed by atoms with Crippen molar-refractivity contribution in [2.75, 3.05) is 19.7 Å². The molecule has 0 aromatic carbocycles. The Balaban J connectivity index is 1.39. The molecular weight excluding hydrogens is 453 g/mol. The van der Waals surface area contributed by atoms with Gasteiger partial charge in [-0.2, -0.15) is 18.3 Å². The fraction of sp³-hybridized carbons (Fsp3) is 0.409. The molecule has 9 nitrogen and oxygen atoms in total. The molecule has 3 aromatic heterocycles. The van der Waals surface area contributed by atoms with Crippen molar-refractivity contribution in [2.24, 2.45) is 5.92 Å². The molecule has 0 bridgehead atoms. The van der Waals surface area contributed by atoms with E-state index in [2.05, 4.69) is 25.7 Å².